The van der Waals surface area contributed by atoms with Crippen LogP contribution in [0.1, 0.15) is 39.7 Å². The number of nitrogens with zero attached hydrogens (tertiary/aromatic N) is 3. The van der Waals surface area contributed by atoms with Crippen molar-refractivity contribution in [3.63, 3.8) is 0 Å². The molecule has 1 fully saturated rings. The topological polar surface area (TPSA) is 63.7 Å². The molecule has 1 saturated heterocycles. The minimum atomic E-state index is 0.0694. The number of aromatic nitrogens is 2. The average Bonchev–Trinajstić information content (AvgIpc) is 3.30. The van der Waals surface area contributed by atoms with Crippen LogP contribution in [0.25, 0.3) is 0 Å². The largest absolute Gasteiger partial charge is 0.469 e. The van der Waals surface area contributed by atoms with Crippen LogP contribution in [-0.2, 0) is 13.0 Å². The molecule has 1 N–H and O–H groups in total. The van der Waals surface area contributed by atoms with Gasteiger partial charge >= 0.3 is 0 Å². The maximum atomic E-state index is 12.6. The first-order valence-corrected chi connectivity index (χ1v) is 10.3. The monoisotopic (exact) mass is 389 g/mol. The van der Waals surface area contributed by atoms with Crippen LogP contribution >= 0.6 is 0 Å². The van der Waals surface area contributed by atoms with E-state index in [9.17, 15) is 4.79 Å². The van der Waals surface area contributed by atoms with Crippen LogP contribution < -0.4 is 9.80 Å². The Labute approximate surface area is 170 Å². The second-order valence-corrected chi connectivity index (χ2v) is 7.97. The molecule has 0 radical (unpaired) electrons. The quantitative estimate of drug-likeness (QED) is 0.738. The van der Waals surface area contributed by atoms with Gasteiger partial charge in [-0.05, 0) is 12.1 Å². The lowest BCUT2D eigenvalue weighted by Crippen LogP contribution is -3.13. The number of hydrogen-bond acceptors (Lipinski definition) is 5. The number of Topliss-reactive ketones (excluding diaryl/α,β-unsaturated/α-hetero) is 1. The summed E-state index contributed by atoms with van der Waals surface area (Å²) in [6.45, 7) is 5.03. The smallest absolute Gasteiger partial charge is 0.225 e. The molecule has 5 rings (SSSR count). The van der Waals surface area contributed by atoms with Gasteiger partial charge in [0.25, 0.3) is 0 Å². The van der Waals surface area contributed by atoms with Crippen molar-refractivity contribution in [1.29, 1.82) is 0 Å². The van der Waals surface area contributed by atoms with E-state index >= 15 is 0 Å². The van der Waals surface area contributed by atoms with E-state index in [1.54, 1.807) is 17.4 Å². The number of furan rings is 1. The lowest BCUT2D eigenvalue weighted by atomic mass is 9.85. The number of piperazine rings is 1. The van der Waals surface area contributed by atoms with Gasteiger partial charge in [0.2, 0.25) is 5.95 Å². The fourth-order valence-electron chi connectivity index (χ4n) is 4.40. The Morgan fingerprint density at radius 2 is 1.90 bits per heavy atom. The molecular weight excluding hydrogens is 364 g/mol. The lowest BCUT2D eigenvalue weighted by molar-refractivity contribution is -0.914. The molecule has 2 aliphatic rings. The van der Waals surface area contributed by atoms with Crippen molar-refractivity contribution in [2.75, 3.05) is 31.1 Å². The number of nitrogens with one attached hydrogen (secondary N) is 1. The third-order valence-electron chi connectivity index (χ3n) is 6.02. The van der Waals surface area contributed by atoms with Gasteiger partial charge < -0.3 is 14.2 Å². The maximum absolute atomic E-state index is 12.6. The third-order valence-corrected chi connectivity index (χ3v) is 6.02. The molecule has 2 aromatic heterocycles. The molecule has 6 heteroatoms. The second-order valence-electron chi connectivity index (χ2n) is 7.97. The minimum Gasteiger partial charge on any atom is -0.469 e. The zero-order chi connectivity index (χ0) is 19.6. The summed E-state index contributed by atoms with van der Waals surface area (Å²) in [5.41, 5.74) is 2.90. The van der Waals surface area contributed by atoms with Gasteiger partial charge in [0.15, 0.2) is 5.78 Å². The molecule has 6 nitrogen and oxygen atoms in total. The second kappa shape index (κ2) is 7.79. The fraction of sp³-hybridized carbons (Fsp3) is 0.348. The Bertz CT molecular complexity index is 979. The van der Waals surface area contributed by atoms with Gasteiger partial charge in [-0.3, -0.25) is 4.79 Å². The van der Waals surface area contributed by atoms with Gasteiger partial charge in [-0.2, -0.15) is 0 Å². The summed E-state index contributed by atoms with van der Waals surface area (Å²) < 4.78 is 5.53. The molecule has 3 aromatic rings. The van der Waals surface area contributed by atoms with E-state index in [0.717, 1.165) is 56.5 Å². The molecule has 0 saturated carbocycles. The van der Waals surface area contributed by atoms with Gasteiger partial charge in [-0.1, -0.05) is 30.3 Å². The highest BCUT2D eigenvalue weighted by Crippen LogP contribution is 2.32. The Morgan fingerprint density at radius 1 is 1.07 bits per heavy atom. The van der Waals surface area contributed by atoms with Crippen molar-refractivity contribution < 1.29 is 14.1 Å². The van der Waals surface area contributed by atoms with E-state index in [4.69, 9.17) is 9.40 Å². The van der Waals surface area contributed by atoms with Gasteiger partial charge in [0.1, 0.15) is 12.3 Å². The number of carbonyl (C=O) groups excluding carboxylic acids is 1. The minimum absolute atomic E-state index is 0.0694. The zero-order valence-corrected chi connectivity index (χ0v) is 16.4. The molecule has 3 heterocycles. The average molecular weight is 389 g/mol. The molecular formula is C23H25N4O2+. The van der Waals surface area contributed by atoms with Gasteiger partial charge in [0.05, 0.1) is 43.7 Å². The van der Waals surface area contributed by atoms with Crippen molar-refractivity contribution in [1.82, 2.24) is 9.97 Å². The third kappa shape index (κ3) is 3.80. The number of benzene rings is 1. The van der Waals surface area contributed by atoms with E-state index in [0.29, 0.717) is 12.0 Å². The molecule has 1 aromatic carbocycles. The predicted molar refractivity (Wildman–Crippen MR) is 109 cm³/mol. The Morgan fingerprint density at radius 3 is 2.66 bits per heavy atom. The molecule has 1 aliphatic carbocycles. The summed E-state index contributed by atoms with van der Waals surface area (Å²) >= 11 is 0. The summed E-state index contributed by atoms with van der Waals surface area (Å²) in [6, 6.07) is 14.5. The lowest BCUT2D eigenvalue weighted by Gasteiger charge is -2.32. The van der Waals surface area contributed by atoms with Crippen molar-refractivity contribution in [2.45, 2.75) is 25.3 Å². The summed E-state index contributed by atoms with van der Waals surface area (Å²) in [4.78, 5) is 25.7. The van der Waals surface area contributed by atoms with Crippen LogP contribution in [0.4, 0.5) is 5.95 Å². The van der Waals surface area contributed by atoms with Gasteiger partial charge in [-0.15, -0.1) is 0 Å². The summed E-state index contributed by atoms with van der Waals surface area (Å²) in [5, 5.41) is 0. The molecule has 0 spiro atoms. The summed E-state index contributed by atoms with van der Waals surface area (Å²) in [7, 11) is 0. The molecule has 0 unspecified atom stereocenters. The molecule has 29 heavy (non-hydrogen) atoms. The van der Waals surface area contributed by atoms with Crippen LogP contribution in [-0.4, -0.2) is 41.9 Å². The Hall–Kier alpha value is -2.99. The number of anilines is 1. The van der Waals surface area contributed by atoms with E-state index in [2.05, 4.69) is 40.2 Å². The SMILES string of the molecule is O=C1C[C@@H](c2ccco2)Cc2nc(N3CC[NH+](Cc4ccccc4)CC3)ncc21. The van der Waals surface area contributed by atoms with Crippen molar-refractivity contribution in [2.24, 2.45) is 0 Å². The van der Waals surface area contributed by atoms with Crippen molar-refractivity contribution in [3.8, 4) is 0 Å². The molecule has 1 aliphatic heterocycles. The van der Waals surface area contributed by atoms with Gasteiger partial charge in [0, 0.05) is 30.5 Å². The zero-order valence-electron chi connectivity index (χ0n) is 16.4. The van der Waals surface area contributed by atoms with Gasteiger partial charge in [-0.25, -0.2) is 9.97 Å². The number of quaternary nitrogens is 1. The van der Waals surface area contributed by atoms with Crippen molar-refractivity contribution in [3.05, 3.63) is 77.5 Å². The molecule has 148 valence electrons. The van der Waals surface area contributed by atoms with Crippen LogP contribution in [0.5, 0.6) is 0 Å². The number of ketones is 1. The van der Waals surface area contributed by atoms with Crippen LogP contribution in [0.2, 0.25) is 0 Å². The maximum Gasteiger partial charge on any atom is 0.225 e. The van der Waals surface area contributed by atoms with Crippen LogP contribution in [0.15, 0.2) is 59.3 Å². The molecule has 0 amide bonds. The number of hydrogen-bond donors (Lipinski definition) is 1. The normalized spacial score (nSPS) is 19.9. The van der Waals surface area contributed by atoms with Crippen LogP contribution in [0.3, 0.4) is 0 Å². The predicted octanol–water partition coefficient (Wildman–Crippen LogP) is 1.89. The highest BCUT2D eigenvalue weighted by molar-refractivity contribution is 5.98. The van der Waals surface area contributed by atoms with E-state index in [1.807, 2.05) is 12.1 Å². The standard InChI is InChI=1S/C23H24N4O2/c28-21-14-18(22-7-4-12-29-22)13-20-19(21)15-24-23(25-20)27-10-8-26(9-11-27)16-17-5-2-1-3-6-17/h1-7,12,15,18H,8-11,13-14,16H2/p+1/t18-/m0/s1. The van der Waals surface area contributed by atoms with E-state index in [-0.39, 0.29) is 11.7 Å². The Kier molecular flexibility index (Phi) is 4.86. The summed E-state index contributed by atoms with van der Waals surface area (Å²) in [6.07, 6.45) is 4.58. The van der Waals surface area contributed by atoms with Crippen LogP contribution in [0, 0.1) is 0 Å². The first-order chi connectivity index (χ1) is 14.3. The first-order valence-electron chi connectivity index (χ1n) is 10.3. The molecule has 0 bridgehead atoms. The van der Waals surface area contributed by atoms with E-state index < -0.39 is 0 Å². The number of rotatable bonds is 4. The summed E-state index contributed by atoms with van der Waals surface area (Å²) in [5.74, 6) is 1.79. The number of carbonyl (C=O) groups is 1. The Balaban J connectivity index is 1.27. The fourth-order valence-corrected chi connectivity index (χ4v) is 4.40. The molecule has 1 atom stereocenters. The highest BCUT2D eigenvalue weighted by Gasteiger charge is 2.30. The number of fused-ring (bicyclic) bond motifs is 1. The highest BCUT2D eigenvalue weighted by atomic mass is 16.3. The van der Waals surface area contributed by atoms with E-state index in [1.165, 1.54) is 5.56 Å². The van der Waals surface area contributed by atoms with Crippen molar-refractivity contribution >= 4 is 11.7 Å². The first kappa shape index (κ1) is 18.1.